The highest BCUT2D eigenvalue weighted by atomic mass is 16.2. The molecule has 0 spiro atoms. The Morgan fingerprint density at radius 3 is 2.50 bits per heavy atom. The van der Waals surface area contributed by atoms with Crippen molar-refractivity contribution in [2.45, 2.75) is 59.2 Å². The van der Waals surface area contributed by atoms with Crippen molar-refractivity contribution in [2.75, 3.05) is 5.32 Å². The smallest absolute Gasteiger partial charge is 0.269 e. The zero-order valence-electron chi connectivity index (χ0n) is 12.6. The molecule has 0 bridgehead atoms. The van der Waals surface area contributed by atoms with E-state index in [2.05, 4.69) is 15.7 Å². The topological polar surface area (TPSA) is 76.0 Å². The van der Waals surface area contributed by atoms with Crippen LogP contribution >= 0.6 is 0 Å². The number of aromatic nitrogens is 2. The van der Waals surface area contributed by atoms with Crippen molar-refractivity contribution in [3.63, 3.8) is 0 Å². The Bertz CT molecular complexity index is 492. The quantitative estimate of drug-likeness (QED) is 0.791. The van der Waals surface area contributed by atoms with E-state index in [1.165, 1.54) is 10.7 Å². The van der Waals surface area contributed by atoms with Gasteiger partial charge in [0.1, 0.15) is 6.54 Å². The van der Waals surface area contributed by atoms with Crippen molar-refractivity contribution in [1.82, 2.24) is 15.1 Å². The Morgan fingerprint density at radius 2 is 2.00 bits per heavy atom. The maximum Gasteiger partial charge on any atom is 0.269 e. The van der Waals surface area contributed by atoms with Gasteiger partial charge in [0, 0.05) is 18.2 Å². The van der Waals surface area contributed by atoms with Crippen LogP contribution in [-0.2, 0) is 11.3 Å². The average Bonchev–Trinajstić information content (AvgIpc) is 2.38. The summed E-state index contributed by atoms with van der Waals surface area (Å²) in [6, 6.07) is 1.84. The lowest BCUT2D eigenvalue weighted by atomic mass is 10.2. The molecule has 0 atom stereocenters. The minimum Gasteiger partial charge on any atom is -0.381 e. The Kier molecular flexibility index (Phi) is 6.21. The highest BCUT2D eigenvalue weighted by Gasteiger charge is 2.10. The van der Waals surface area contributed by atoms with Crippen molar-refractivity contribution < 1.29 is 4.79 Å². The van der Waals surface area contributed by atoms with Crippen LogP contribution in [0.15, 0.2) is 17.1 Å². The number of carbonyl (C=O) groups is 1. The van der Waals surface area contributed by atoms with Gasteiger partial charge in [-0.3, -0.25) is 9.59 Å². The van der Waals surface area contributed by atoms with Crippen LogP contribution in [0.25, 0.3) is 0 Å². The number of nitrogens with zero attached hydrogens (tertiary/aromatic N) is 2. The average molecular weight is 280 g/mol. The van der Waals surface area contributed by atoms with E-state index in [4.69, 9.17) is 0 Å². The first-order chi connectivity index (χ1) is 9.46. The van der Waals surface area contributed by atoms with Crippen molar-refractivity contribution in [2.24, 2.45) is 0 Å². The van der Waals surface area contributed by atoms with Crippen LogP contribution in [0.2, 0.25) is 0 Å². The summed E-state index contributed by atoms with van der Waals surface area (Å²) in [7, 11) is 0. The summed E-state index contributed by atoms with van der Waals surface area (Å²) in [6.45, 7) is 7.96. The second kappa shape index (κ2) is 7.67. The van der Waals surface area contributed by atoms with Gasteiger partial charge in [0.15, 0.2) is 0 Å². The van der Waals surface area contributed by atoms with Crippen LogP contribution in [0.4, 0.5) is 5.69 Å². The second-order valence-electron chi connectivity index (χ2n) is 5.12. The predicted molar refractivity (Wildman–Crippen MR) is 79.8 cm³/mol. The molecule has 0 saturated carbocycles. The van der Waals surface area contributed by atoms with Crippen molar-refractivity contribution >= 4 is 11.6 Å². The van der Waals surface area contributed by atoms with E-state index >= 15 is 0 Å². The molecular weight excluding hydrogens is 256 g/mol. The molecule has 1 heterocycles. The van der Waals surface area contributed by atoms with Gasteiger partial charge in [-0.1, -0.05) is 13.8 Å². The van der Waals surface area contributed by atoms with E-state index in [1.807, 2.05) is 27.7 Å². The monoisotopic (exact) mass is 280 g/mol. The van der Waals surface area contributed by atoms with Crippen molar-refractivity contribution in [3.8, 4) is 0 Å². The summed E-state index contributed by atoms with van der Waals surface area (Å²) in [4.78, 5) is 23.7. The summed E-state index contributed by atoms with van der Waals surface area (Å²) < 4.78 is 1.17. The highest BCUT2D eigenvalue weighted by Crippen LogP contribution is 2.02. The molecule has 0 radical (unpaired) electrons. The molecule has 0 saturated heterocycles. The molecule has 0 aliphatic carbocycles. The fourth-order valence-corrected chi connectivity index (χ4v) is 1.87. The first-order valence-electron chi connectivity index (χ1n) is 7.09. The number of amides is 1. The number of nitrogens with one attached hydrogen (secondary N) is 2. The minimum absolute atomic E-state index is 0.0444. The number of anilines is 1. The molecular formula is C14H24N4O2. The van der Waals surface area contributed by atoms with E-state index in [1.54, 1.807) is 6.20 Å². The standard InChI is InChI=1S/C14H24N4O2/c1-5-11(6-2)17-13(19)9-18-14(20)7-12(8-15-18)16-10(3)4/h7-8,10-11,16H,5-6,9H2,1-4H3,(H,17,19). The van der Waals surface area contributed by atoms with Gasteiger partial charge in [-0.15, -0.1) is 0 Å². The molecule has 2 N–H and O–H groups in total. The van der Waals surface area contributed by atoms with Gasteiger partial charge in [0.2, 0.25) is 5.91 Å². The summed E-state index contributed by atoms with van der Waals surface area (Å²) >= 11 is 0. The largest absolute Gasteiger partial charge is 0.381 e. The van der Waals surface area contributed by atoms with E-state index in [0.29, 0.717) is 5.69 Å². The normalized spacial score (nSPS) is 10.9. The van der Waals surface area contributed by atoms with E-state index in [9.17, 15) is 9.59 Å². The van der Waals surface area contributed by atoms with Gasteiger partial charge >= 0.3 is 0 Å². The first kappa shape index (κ1) is 16.2. The fourth-order valence-electron chi connectivity index (χ4n) is 1.87. The third kappa shape index (κ3) is 5.03. The SMILES string of the molecule is CCC(CC)NC(=O)Cn1ncc(NC(C)C)cc1=O. The Morgan fingerprint density at radius 1 is 1.35 bits per heavy atom. The molecule has 1 amide bonds. The summed E-state index contributed by atoms with van der Waals surface area (Å²) in [6.07, 6.45) is 3.31. The Hall–Kier alpha value is -1.85. The van der Waals surface area contributed by atoms with Gasteiger partial charge in [-0.05, 0) is 26.7 Å². The second-order valence-corrected chi connectivity index (χ2v) is 5.12. The van der Waals surface area contributed by atoms with Crippen LogP contribution in [0, 0.1) is 0 Å². The lowest BCUT2D eigenvalue weighted by Crippen LogP contribution is -2.38. The third-order valence-electron chi connectivity index (χ3n) is 2.97. The van der Waals surface area contributed by atoms with Crippen LogP contribution in [0.5, 0.6) is 0 Å². The summed E-state index contributed by atoms with van der Waals surface area (Å²) in [5.74, 6) is -0.183. The molecule has 0 fully saturated rings. The maximum absolute atomic E-state index is 11.9. The van der Waals surface area contributed by atoms with E-state index in [0.717, 1.165) is 12.8 Å². The molecule has 0 aliphatic heterocycles. The van der Waals surface area contributed by atoms with E-state index in [-0.39, 0.29) is 30.1 Å². The zero-order valence-corrected chi connectivity index (χ0v) is 12.6. The van der Waals surface area contributed by atoms with Crippen LogP contribution in [0.1, 0.15) is 40.5 Å². The zero-order chi connectivity index (χ0) is 15.1. The number of hydrogen-bond acceptors (Lipinski definition) is 4. The molecule has 0 aliphatic rings. The maximum atomic E-state index is 11.9. The predicted octanol–water partition coefficient (Wildman–Crippen LogP) is 1.37. The molecule has 1 aromatic heterocycles. The molecule has 112 valence electrons. The molecule has 6 nitrogen and oxygen atoms in total. The minimum atomic E-state index is -0.282. The molecule has 20 heavy (non-hydrogen) atoms. The first-order valence-corrected chi connectivity index (χ1v) is 7.09. The fraction of sp³-hybridized carbons (Fsp3) is 0.643. The Balaban J connectivity index is 2.69. The molecule has 1 rings (SSSR count). The van der Waals surface area contributed by atoms with Gasteiger partial charge in [0.05, 0.1) is 11.9 Å². The lowest BCUT2D eigenvalue weighted by Gasteiger charge is -2.15. The highest BCUT2D eigenvalue weighted by molar-refractivity contribution is 5.75. The van der Waals surface area contributed by atoms with Crippen LogP contribution in [-0.4, -0.2) is 27.8 Å². The molecule has 0 aromatic carbocycles. The molecule has 1 aromatic rings. The number of carbonyl (C=O) groups excluding carboxylic acids is 1. The van der Waals surface area contributed by atoms with E-state index < -0.39 is 0 Å². The van der Waals surface area contributed by atoms with Gasteiger partial charge < -0.3 is 10.6 Å². The Labute approximate surface area is 119 Å². The van der Waals surface area contributed by atoms with Crippen LogP contribution in [0.3, 0.4) is 0 Å². The lowest BCUT2D eigenvalue weighted by molar-refractivity contribution is -0.122. The van der Waals surface area contributed by atoms with Crippen molar-refractivity contribution in [3.05, 3.63) is 22.6 Å². The third-order valence-corrected chi connectivity index (χ3v) is 2.97. The number of rotatable bonds is 7. The van der Waals surface area contributed by atoms with Crippen LogP contribution < -0.4 is 16.2 Å². The summed E-state index contributed by atoms with van der Waals surface area (Å²) in [5, 5.41) is 10.00. The van der Waals surface area contributed by atoms with Gasteiger partial charge in [0.25, 0.3) is 5.56 Å². The number of hydrogen-bond donors (Lipinski definition) is 2. The molecule has 6 heteroatoms. The molecule has 0 unspecified atom stereocenters. The van der Waals surface area contributed by atoms with Gasteiger partial charge in [-0.25, -0.2) is 4.68 Å². The van der Waals surface area contributed by atoms with Crippen molar-refractivity contribution in [1.29, 1.82) is 0 Å². The van der Waals surface area contributed by atoms with Gasteiger partial charge in [-0.2, -0.15) is 5.10 Å². The summed E-state index contributed by atoms with van der Waals surface area (Å²) in [5.41, 5.74) is 0.386.